The molecule has 0 atom stereocenters. The number of hydrogen-bond donors (Lipinski definition) is 2. The second-order valence-electron chi connectivity index (χ2n) is 4.29. The Labute approximate surface area is 105 Å². The van der Waals surface area contributed by atoms with E-state index in [0.29, 0.717) is 10.6 Å². The minimum Gasteiger partial charge on any atom is -0.298 e. The third-order valence-corrected chi connectivity index (χ3v) is 4.88. The summed E-state index contributed by atoms with van der Waals surface area (Å²) < 4.78 is 23.8. The topological polar surface area (TPSA) is 82.8 Å². The van der Waals surface area contributed by atoms with E-state index in [9.17, 15) is 13.2 Å². The van der Waals surface area contributed by atoms with Gasteiger partial charge in [0.1, 0.15) is 0 Å². The molecule has 0 amide bonds. The van der Waals surface area contributed by atoms with E-state index in [-0.39, 0.29) is 5.56 Å². The molecule has 0 fully saturated rings. The lowest BCUT2D eigenvalue weighted by Crippen LogP contribution is -2.13. The van der Waals surface area contributed by atoms with E-state index in [4.69, 9.17) is 0 Å². The van der Waals surface area contributed by atoms with Crippen molar-refractivity contribution in [1.29, 1.82) is 0 Å². The monoisotopic (exact) mass is 266 g/mol. The summed E-state index contributed by atoms with van der Waals surface area (Å²) in [6, 6.07) is 7.88. The van der Waals surface area contributed by atoms with Gasteiger partial charge in [-0.3, -0.25) is 15.0 Å². The standard InChI is InChI=1S/C12H14N2O3S/c1-8(2)18(16,17)10-5-3-9(4-6-10)11-7-12(15)14-13-11/h3-8H,1-2H3,(H2,13,14,15). The maximum Gasteiger partial charge on any atom is 0.264 e. The first kappa shape index (κ1) is 12.6. The normalized spacial score (nSPS) is 11.9. The molecule has 0 spiro atoms. The van der Waals surface area contributed by atoms with E-state index < -0.39 is 15.1 Å². The Kier molecular flexibility index (Phi) is 3.13. The maximum absolute atomic E-state index is 11.9. The van der Waals surface area contributed by atoms with E-state index in [1.807, 2.05) is 0 Å². The van der Waals surface area contributed by atoms with Gasteiger partial charge >= 0.3 is 0 Å². The molecule has 0 saturated carbocycles. The largest absolute Gasteiger partial charge is 0.298 e. The quantitative estimate of drug-likeness (QED) is 0.884. The van der Waals surface area contributed by atoms with E-state index in [1.54, 1.807) is 38.1 Å². The van der Waals surface area contributed by atoms with Crippen LogP contribution < -0.4 is 5.56 Å². The van der Waals surface area contributed by atoms with Crippen LogP contribution in [-0.4, -0.2) is 23.9 Å². The minimum absolute atomic E-state index is 0.219. The molecule has 18 heavy (non-hydrogen) atoms. The van der Waals surface area contributed by atoms with Gasteiger partial charge in [-0.2, -0.15) is 0 Å². The second-order valence-corrected chi connectivity index (χ2v) is 6.79. The molecule has 0 bridgehead atoms. The second kappa shape index (κ2) is 4.45. The Morgan fingerprint density at radius 2 is 1.67 bits per heavy atom. The lowest BCUT2D eigenvalue weighted by molar-refractivity contribution is 0.587. The van der Waals surface area contributed by atoms with Gasteiger partial charge in [0.05, 0.1) is 15.8 Å². The van der Waals surface area contributed by atoms with Gasteiger partial charge in [-0.05, 0) is 31.5 Å². The first-order chi connectivity index (χ1) is 8.41. The van der Waals surface area contributed by atoms with Crippen LogP contribution in [0.3, 0.4) is 0 Å². The Morgan fingerprint density at radius 3 is 2.11 bits per heavy atom. The predicted molar refractivity (Wildman–Crippen MR) is 69.2 cm³/mol. The summed E-state index contributed by atoms with van der Waals surface area (Å²) in [7, 11) is -3.25. The van der Waals surface area contributed by atoms with Crippen LogP contribution in [0.25, 0.3) is 11.3 Å². The van der Waals surface area contributed by atoms with Crippen molar-refractivity contribution < 1.29 is 8.42 Å². The van der Waals surface area contributed by atoms with Gasteiger partial charge in [0.2, 0.25) is 0 Å². The summed E-state index contributed by atoms with van der Waals surface area (Å²) in [6.45, 7) is 3.29. The van der Waals surface area contributed by atoms with Crippen molar-refractivity contribution in [3.05, 3.63) is 40.7 Å². The smallest absolute Gasteiger partial charge is 0.264 e. The molecule has 6 heteroatoms. The molecule has 0 aliphatic carbocycles. The van der Waals surface area contributed by atoms with Gasteiger partial charge in [-0.25, -0.2) is 8.42 Å². The van der Waals surface area contributed by atoms with Crippen molar-refractivity contribution in [3.63, 3.8) is 0 Å². The summed E-state index contributed by atoms with van der Waals surface area (Å²) in [5.41, 5.74) is 1.17. The van der Waals surface area contributed by atoms with Crippen LogP contribution in [0.15, 0.2) is 40.0 Å². The lowest BCUT2D eigenvalue weighted by Gasteiger charge is -2.08. The van der Waals surface area contributed by atoms with Gasteiger partial charge in [0.15, 0.2) is 9.84 Å². The number of aromatic amines is 2. The third kappa shape index (κ3) is 2.24. The molecule has 0 aliphatic heterocycles. The molecule has 1 aromatic heterocycles. The lowest BCUT2D eigenvalue weighted by atomic mass is 10.2. The van der Waals surface area contributed by atoms with E-state index in [1.165, 1.54) is 6.07 Å². The average Bonchev–Trinajstić information content (AvgIpc) is 2.76. The number of H-pyrrole nitrogens is 2. The van der Waals surface area contributed by atoms with Crippen LogP contribution in [0, 0.1) is 0 Å². The van der Waals surface area contributed by atoms with Crippen LogP contribution in [0.1, 0.15) is 13.8 Å². The van der Waals surface area contributed by atoms with Gasteiger partial charge in [-0.15, -0.1) is 0 Å². The molecule has 0 unspecified atom stereocenters. The zero-order valence-electron chi connectivity index (χ0n) is 10.1. The molecule has 1 heterocycles. The summed E-state index contributed by atoms with van der Waals surface area (Å²) in [4.78, 5) is 11.3. The van der Waals surface area contributed by atoms with Crippen LogP contribution in [0.2, 0.25) is 0 Å². The van der Waals surface area contributed by atoms with E-state index in [0.717, 1.165) is 5.56 Å². The number of sulfone groups is 1. The Morgan fingerprint density at radius 1 is 1.06 bits per heavy atom. The molecule has 2 rings (SSSR count). The Balaban J connectivity index is 2.40. The highest BCUT2D eigenvalue weighted by atomic mass is 32.2. The van der Waals surface area contributed by atoms with Gasteiger partial charge < -0.3 is 0 Å². The molecule has 0 radical (unpaired) electrons. The van der Waals surface area contributed by atoms with Gasteiger partial charge in [0, 0.05) is 6.07 Å². The zero-order chi connectivity index (χ0) is 13.3. The molecule has 2 aromatic rings. The van der Waals surface area contributed by atoms with Crippen molar-refractivity contribution >= 4 is 9.84 Å². The average molecular weight is 266 g/mol. The highest BCUT2D eigenvalue weighted by molar-refractivity contribution is 7.92. The molecule has 5 nitrogen and oxygen atoms in total. The van der Waals surface area contributed by atoms with Crippen molar-refractivity contribution in [2.75, 3.05) is 0 Å². The molecular formula is C12H14N2O3S. The zero-order valence-corrected chi connectivity index (χ0v) is 10.9. The van der Waals surface area contributed by atoms with E-state index in [2.05, 4.69) is 10.2 Å². The molecule has 0 saturated heterocycles. The molecule has 2 N–H and O–H groups in total. The van der Waals surface area contributed by atoms with Crippen LogP contribution in [0.4, 0.5) is 0 Å². The number of aromatic nitrogens is 2. The van der Waals surface area contributed by atoms with Crippen molar-refractivity contribution in [2.24, 2.45) is 0 Å². The van der Waals surface area contributed by atoms with Crippen LogP contribution >= 0.6 is 0 Å². The molecule has 1 aromatic carbocycles. The first-order valence-corrected chi connectivity index (χ1v) is 7.08. The predicted octanol–water partition coefficient (Wildman–Crippen LogP) is 1.55. The fraction of sp³-hybridized carbons (Fsp3) is 0.250. The summed E-state index contributed by atoms with van der Waals surface area (Å²) >= 11 is 0. The van der Waals surface area contributed by atoms with E-state index >= 15 is 0 Å². The minimum atomic E-state index is -3.25. The highest BCUT2D eigenvalue weighted by Crippen LogP contribution is 2.20. The Hall–Kier alpha value is -1.82. The number of benzene rings is 1. The van der Waals surface area contributed by atoms with Crippen LogP contribution in [-0.2, 0) is 9.84 Å². The molecule has 0 aliphatic rings. The number of nitrogens with one attached hydrogen (secondary N) is 2. The maximum atomic E-state index is 11.9. The van der Waals surface area contributed by atoms with Crippen molar-refractivity contribution in [1.82, 2.24) is 10.2 Å². The number of rotatable bonds is 3. The summed E-state index contributed by atoms with van der Waals surface area (Å²) in [6.07, 6.45) is 0. The van der Waals surface area contributed by atoms with Gasteiger partial charge in [0.25, 0.3) is 5.56 Å². The van der Waals surface area contributed by atoms with Crippen LogP contribution in [0.5, 0.6) is 0 Å². The highest BCUT2D eigenvalue weighted by Gasteiger charge is 2.18. The Bertz CT molecular complexity index is 693. The number of hydrogen-bond acceptors (Lipinski definition) is 3. The first-order valence-electron chi connectivity index (χ1n) is 5.53. The molecular weight excluding hydrogens is 252 g/mol. The fourth-order valence-electron chi connectivity index (χ4n) is 1.58. The van der Waals surface area contributed by atoms with Crippen molar-refractivity contribution in [2.45, 2.75) is 24.0 Å². The fourth-order valence-corrected chi connectivity index (χ4v) is 2.64. The van der Waals surface area contributed by atoms with Crippen molar-refractivity contribution in [3.8, 4) is 11.3 Å². The van der Waals surface area contributed by atoms with Gasteiger partial charge in [-0.1, -0.05) is 12.1 Å². The summed E-state index contributed by atoms with van der Waals surface area (Å²) in [5.74, 6) is 0. The summed E-state index contributed by atoms with van der Waals surface area (Å²) in [5, 5.41) is 4.70. The third-order valence-electron chi connectivity index (χ3n) is 2.71. The molecule has 96 valence electrons. The SMILES string of the molecule is CC(C)S(=O)(=O)c1ccc(-c2cc(=O)[nH][nH]2)cc1.